The molecule has 0 radical (unpaired) electrons. The van der Waals surface area contributed by atoms with Crippen molar-refractivity contribution < 1.29 is 23.8 Å². The number of hydrogen-bond acceptors (Lipinski definition) is 5. The largest absolute Gasteiger partial charge is 0.497 e. The molecule has 0 heterocycles. The maximum absolute atomic E-state index is 11.9. The molecule has 0 aliphatic heterocycles. The molecule has 1 amide bonds. The Morgan fingerprint density at radius 1 is 1.00 bits per heavy atom. The van der Waals surface area contributed by atoms with Crippen LogP contribution in [0.15, 0.2) is 60.7 Å². The molecule has 27 heavy (non-hydrogen) atoms. The van der Waals surface area contributed by atoms with E-state index in [2.05, 4.69) is 5.32 Å². The van der Waals surface area contributed by atoms with E-state index in [0.717, 1.165) is 11.3 Å². The van der Waals surface area contributed by atoms with Crippen LogP contribution in [0.2, 0.25) is 0 Å². The van der Waals surface area contributed by atoms with Crippen LogP contribution in [-0.2, 0) is 14.3 Å². The highest BCUT2D eigenvalue weighted by Crippen LogP contribution is 2.12. The van der Waals surface area contributed by atoms with Gasteiger partial charge in [0.05, 0.1) is 7.11 Å². The first-order chi connectivity index (χ1) is 13.1. The van der Waals surface area contributed by atoms with Gasteiger partial charge in [-0.1, -0.05) is 30.3 Å². The molecule has 0 saturated carbocycles. The number of benzene rings is 2. The van der Waals surface area contributed by atoms with Gasteiger partial charge in [0.1, 0.15) is 30.8 Å². The summed E-state index contributed by atoms with van der Waals surface area (Å²) in [6.07, 6.45) is 3.02. The lowest BCUT2D eigenvalue weighted by Gasteiger charge is -2.12. The second-order valence-electron chi connectivity index (χ2n) is 5.67. The molecule has 2 aromatic rings. The highest BCUT2D eigenvalue weighted by molar-refractivity contribution is 5.94. The smallest absolute Gasteiger partial charge is 0.328 e. The van der Waals surface area contributed by atoms with Gasteiger partial charge in [-0.25, -0.2) is 4.79 Å². The van der Waals surface area contributed by atoms with Gasteiger partial charge in [-0.05, 0) is 42.8 Å². The summed E-state index contributed by atoms with van der Waals surface area (Å²) in [6, 6.07) is 15.7. The Labute approximate surface area is 158 Å². The fraction of sp³-hybridized carbons (Fsp3) is 0.238. The van der Waals surface area contributed by atoms with Crippen molar-refractivity contribution in [2.45, 2.75) is 13.0 Å². The Kier molecular flexibility index (Phi) is 7.91. The Balaban J connectivity index is 1.69. The Bertz CT molecular complexity index is 756. The quantitative estimate of drug-likeness (QED) is 0.418. The number of amides is 1. The highest BCUT2D eigenvalue weighted by Gasteiger charge is 2.15. The molecule has 6 nitrogen and oxygen atoms in total. The molecule has 2 aromatic carbocycles. The van der Waals surface area contributed by atoms with E-state index in [-0.39, 0.29) is 19.1 Å². The molecule has 0 unspecified atom stereocenters. The lowest BCUT2D eigenvalue weighted by atomic mass is 10.2. The van der Waals surface area contributed by atoms with E-state index in [0.29, 0.717) is 5.75 Å². The van der Waals surface area contributed by atoms with Gasteiger partial charge in [-0.15, -0.1) is 0 Å². The van der Waals surface area contributed by atoms with Gasteiger partial charge in [0, 0.05) is 6.08 Å². The van der Waals surface area contributed by atoms with Crippen LogP contribution in [0.5, 0.6) is 11.5 Å². The van der Waals surface area contributed by atoms with Crippen molar-refractivity contribution in [2.75, 3.05) is 20.3 Å². The van der Waals surface area contributed by atoms with Crippen LogP contribution < -0.4 is 14.8 Å². The minimum Gasteiger partial charge on any atom is -0.497 e. The van der Waals surface area contributed by atoms with Crippen LogP contribution >= 0.6 is 0 Å². The van der Waals surface area contributed by atoms with Crippen LogP contribution in [-0.4, -0.2) is 38.2 Å². The molecule has 0 aliphatic rings. The van der Waals surface area contributed by atoms with Crippen molar-refractivity contribution >= 4 is 18.0 Å². The van der Waals surface area contributed by atoms with Crippen molar-refractivity contribution in [3.8, 4) is 11.5 Å². The number of carbonyl (C=O) groups is 2. The van der Waals surface area contributed by atoms with Crippen LogP contribution in [0, 0.1) is 0 Å². The summed E-state index contributed by atoms with van der Waals surface area (Å²) in [7, 11) is 1.59. The van der Waals surface area contributed by atoms with E-state index in [1.165, 1.54) is 6.08 Å². The van der Waals surface area contributed by atoms with Crippen molar-refractivity contribution in [1.29, 1.82) is 0 Å². The highest BCUT2D eigenvalue weighted by atomic mass is 16.6. The summed E-state index contributed by atoms with van der Waals surface area (Å²) in [6.45, 7) is 1.92. The van der Waals surface area contributed by atoms with Crippen LogP contribution in [0.25, 0.3) is 6.08 Å². The van der Waals surface area contributed by atoms with Crippen molar-refractivity contribution in [3.05, 3.63) is 66.2 Å². The van der Waals surface area contributed by atoms with Gasteiger partial charge in [-0.3, -0.25) is 4.79 Å². The monoisotopic (exact) mass is 369 g/mol. The molecule has 2 rings (SSSR count). The van der Waals surface area contributed by atoms with E-state index in [4.69, 9.17) is 14.2 Å². The number of hydrogen-bond donors (Lipinski definition) is 1. The van der Waals surface area contributed by atoms with Gasteiger partial charge in [0.15, 0.2) is 0 Å². The number of para-hydroxylation sites is 1. The third kappa shape index (κ3) is 7.23. The first-order valence-corrected chi connectivity index (χ1v) is 8.55. The van der Waals surface area contributed by atoms with Crippen molar-refractivity contribution in [3.63, 3.8) is 0 Å². The number of carbonyl (C=O) groups excluding carboxylic acids is 2. The maximum atomic E-state index is 11.9. The number of nitrogens with one attached hydrogen (secondary N) is 1. The average Bonchev–Trinajstić information content (AvgIpc) is 2.70. The molecule has 1 atom stereocenters. The molecule has 0 aromatic heterocycles. The van der Waals surface area contributed by atoms with Crippen LogP contribution in [0.1, 0.15) is 12.5 Å². The van der Waals surface area contributed by atoms with Gasteiger partial charge < -0.3 is 19.5 Å². The summed E-state index contributed by atoms with van der Waals surface area (Å²) in [5.74, 6) is 0.552. The minimum absolute atomic E-state index is 0.107. The maximum Gasteiger partial charge on any atom is 0.328 e. The van der Waals surface area contributed by atoms with Gasteiger partial charge in [0.2, 0.25) is 5.91 Å². The lowest BCUT2D eigenvalue weighted by Crippen LogP contribution is -2.39. The summed E-state index contributed by atoms with van der Waals surface area (Å²) in [5.41, 5.74) is 0.847. The molecule has 0 fully saturated rings. The average molecular weight is 369 g/mol. The Morgan fingerprint density at radius 2 is 1.70 bits per heavy atom. The Morgan fingerprint density at radius 3 is 2.37 bits per heavy atom. The number of esters is 1. The summed E-state index contributed by atoms with van der Waals surface area (Å²) in [4.78, 5) is 23.8. The number of rotatable bonds is 9. The van der Waals surface area contributed by atoms with Gasteiger partial charge in [-0.2, -0.15) is 0 Å². The van der Waals surface area contributed by atoms with Crippen LogP contribution in [0.4, 0.5) is 0 Å². The van der Waals surface area contributed by atoms with E-state index < -0.39 is 12.0 Å². The standard InChI is InChI=1S/C21H23NO5/c1-16(21(24)27-15-14-26-19-6-4-3-5-7-19)22-20(23)13-10-17-8-11-18(25-2)12-9-17/h3-13,16H,14-15H2,1-2H3,(H,22,23)/t16-/m0/s1. The van der Waals surface area contributed by atoms with E-state index in [1.54, 1.807) is 32.2 Å². The molecule has 0 bridgehead atoms. The summed E-state index contributed by atoms with van der Waals surface area (Å²) < 4.78 is 15.6. The second-order valence-corrected chi connectivity index (χ2v) is 5.67. The zero-order valence-corrected chi connectivity index (χ0v) is 15.4. The first-order valence-electron chi connectivity index (χ1n) is 8.55. The van der Waals surface area contributed by atoms with Gasteiger partial charge in [0.25, 0.3) is 0 Å². The molecule has 0 saturated heterocycles. The van der Waals surface area contributed by atoms with Crippen molar-refractivity contribution in [2.24, 2.45) is 0 Å². The van der Waals surface area contributed by atoms with Crippen molar-refractivity contribution in [1.82, 2.24) is 5.32 Å². The third-order valence-corrected chi connectivity index (χ3v) is 3.59. The first kappa shape index (κ1) is 20.0. The molecule has 6 heteroatoms. The molecular formula is C21H23NO5. The molecule has 1 N–H and O–H groups in total. The van der Waals surface area contributed by atoms with Crippen LogP contribution in [0.3, 0.4) is 0 Å². The zero-order valence-electron chi connectivity index (χ0n) is 15.4. The Hall–Kier alpha value is -3.28. The fourth-order valence-electron chi connectivity index (χ4n) is 2.15. The molecular weight excluding hydrogens is 346 g/mol. The van der Waals surface area contributed by atoms with E-state index in [9.17, 15) is 9.59 Å². The van der Waals surface area contributed by atoms with E-state index >= 15 is 0 Å². The predicted octanol–water partition coefficient (Wildman–Crippen LogP) is 2.84. The molecule has 0 aliphatic carbocycles. The topological polar surface area (TPSA) is 73.9 Å². The SMILES string of the molecule is COc1ccc(C=CC(=O)N[C@@H](C)C(=O)OCCOc2ccccc2)cc1. The molecule has 142 valence electrons. The number of ether oxygens (including phenoxy) is 3. The fourth-order valence-corrected chi connectivity index (χ4v) is 2.15. The minimum atomic E-state index is -0.755. The zero-order chi connectivity index (χ0) is 19.5. The van der Waals surface area contributed by atoms with E-state index in [1.807, 2.05) is 42.5 Å². The molecule has 0 spiro atoms. The summed E-state index contributed by atoms with van der Waals surface area (Å²) >= 11 is 0. The predicted molar refractivity (Wildman–Crippen MR) is 103 cm³/mol. The lowest BCUT2D eigenvalue weighted by molar-refractivity contribution is -0.147. The normalized spacial score (nSPS) is 11.6. The van der Waals surface area contributed by atoms with Gasteiger partial charge >= 0.3 is 5.97 Å². The second kappa shape index (κ2) is 10.7. The summed E-state index contributed by atoms with van der Waals surface area (Å²) in [5, 5.41) is 2.57. The third-order valence-electron chi connectivity index (χ3n) is 3.59. The number of methoxy groups -OCH3 is 1.